The van der Waals surface area contributed by atoms with Crippen molar-refractivity contribution in [1.29, 1.82) is 0 Å². The Bertz CT molecular complexity index is 649. The van der Waals surface area contributed by atoms with Crippen LogP contribution in [0.5, 0.6) is 0 Å². The minimum absolute atomic E-state index is 0.173. The maximum Gasteiger partial charge on any atom is 0.256 e. The molecule has 2 rings (SSSR count). The van der Waals surface area contributed by atoms with E-state index in [-0.39, 0.29) is 5.91 Å². The molecule has 1 N–H and O–H groups in total. The van der Waals surface area contributed by atoms with Crippen LogP contribution in [0.15, 0.2) is 45.3 Å². The second kappa shape index (κ2) is 6.56. The van der Waals surface area contributed by atoms with Gasteiger partial charge < -0.3 is 5.32 Å². The van der Waals surface area contributed by atoms with Crippen LogP contribution in [0.3, 0.4) is 0 Å². The summed E-state index contributed by atoms with van der Waals surface area (Å²) >= 11 is 14.7. The number of hydrogen-bond donors (Lipinski definition) is 1. The van der Waals surface area contributed by atoms with Crippen molar-refractivity contribution < 1.29 is 4.79 Å². The number of carbonyl (C=O) groups excluding carboxylic acids is 1. The third-order valence-electron chi connectivity index (χ3n) is 2.35. The number of carbonyl (C=O) groups is 1. The lowest BCUT2D eigenvalue weighted by Crippen LogP contribution is -2.13. The van der Waals surface area contributed by atoms with Crippen LogP contribution >= 0.6 is 66.1 Å². The van der Waals surface area contributed by atoms with Gasteiger partial charge >= 0.3 is 0 Å². The first kappa shape index (κ1) is 15.3. The highest BCUT2D eigenvalue weighted by Crippen LogP contribution is 2.25. The Kier molecular flexibility index (Phi) is 5.28. The fraction of sp³-hybridized carbons (Fsp3) is 0. The molecule has 98 valence electrons. The molecule has 0 fully saturated rings. The largest absolute Gasteiger partial charge is 0.321 e. The molecule has 2 nitrogen and oxygen atoms in total. The Labute approximate surface area is 146 Å². The molecular formula is C13H7Br2ClINO. The SMILES string of the molecule is O=C(Nc1ccc(Cl)cc1I)c1cc(Br)ccc1Br. The van der Waals surface area contributed by atoms with Crippen LogP contribution in [0.1, 0.15) is 10.4 Å². The Hall–Kier alpha value is -0.110. The number of anilines is 1. The minimum Gasteiger partial charge on any atom is -0.321 e. The summed E-state index contributed by atoms with van der Waals surface area (Å²) in [5.74, 6) is -0.173. The van der Waals surface area contributed by atoms with E-state index >= 15 is 0 Å². The second-order valence-corrected chi connectivity index (χ2v) is 7.07. The van der Waals surface area contributed by atoms with Crippen molar-refractivity contribution in [2.75, 3.05) is 5.32 Å². The molecule has 0 aliphatic carbocycles. The minimum atomic E-state index is -0.173. The van der Waals surface area contributed by atoms with Crippen LogP contribution in [0.2, 0.25) is 5.02 Å². The number of hydrogen-bond acceptors (Lipinski definition) is 1. The first-order chi connectivity index (χ1) is 8.97. The smallest absolute Gasteiger partial charge is 0.256 e. The lowest BCUT2D eigenvalue weighted by molar-refractivity contribution is 0.102. The van der Waals surface area contributed by atoms with Crippen molar-refractivity contribution in [1.82, 2.24) is 0 Å². The number of benzene rings is 2. The zero-order valence-corrected chi connectivity index (χ0v) is 15.5. The van der Waals surface area contributed by atoms with Gasteiger partial charge in [0.2, 0.25) is 0 Å². The lowest BCUT2D eigenvalue weighted by Gasteiger charge is -2.09. The van der Waals surface area contributed by atoms with Crippen molar-refractivity contribution in [2.45, 2.75) is 0 Å². The van der Waals surface area contributed by atoms with Crippen LogP contribution < -0.4 is 5.32 Å². The highest BCUT2D eigenvalue weighted by molar-refractivity contribution is 14.1. The Morgan fingerprint density at radius 1 is 1.16 bits per heavy atom. The van der Waals surface area contributed by atoms with Gasteiger partial charge in [-0.2, -0.15) is 0 Å². The van der Waals surface area contributed by atoms with E-state index in [1.807, 2.05) is 12.1 Å². The maximum atomic E-state index is 12.2. The number of halogens is 4. The maximum absolute atomic E-state index is 12.2. The first-order valence-electron chi connectivity index (χ1n) is 5.19. The number of nitrogens with one attached hydrogen (secondary N) is 1. The summed E-state index contributed by atoms with van der Waals surface area (Å²) in [7, 11) is 0. The van der Waals surface area contributed by atoms with Gasteiger partial charge in [0.05, 0.1) is 11.3 Å². The van der Waals surface area contributed by atoms with Crippen molar-refractivity contribution in [3.8, 4) is 0 Å². The fourth-order valence-electron chi connectivity index (χ4n) is 1.45. The average molecular weight is 515 g/mol. The molecule has 0 aliphatic heterocycles. The summed E-state index contributed by atoms with van der Waals surface area (Å²) in [6, 6.07) is 10.8. The van der Waals surface area contributed by atoms with E-state index in [0.29, 0.717) is 10.6 Å². The normalized spacial score (nSPS) is 10.3. The molecule has 0 aromatic heterocycles. The molecule has 19 heavy (non-hydrogen) atoms. The van der Waals surface area contributed by atoms with Gasteiger partial charge in [0.1, 0.15) is 0 Å². The van der Waals surface area contributed by atoms with Crippen molar-refractivity contribution in [3.05, 3.63) is 59.5 Å². The van der Waals surface area contributed by atoms with E-state index in [4.69, 9.17) is 11.6 Å². The summed E-state index contributed by atoms with van der Waals surface area (Å²) in [6.07, 6.45) is 0. The zero-order valence-electron chi connectivity index (χ0n) is 9.38. The predicted octanol–water partition coefficient (Wildman–Crippen LogP) is 5.72. The molecule has 1 amide bonds. The molecule has 0 aliphatic rings. The van der Waals surface area contributed by atoms with Crippen LogP contribution in [0.4, 0.5) is 5.69 Å². The van der Waals surface area contributed by atoms with E-state index in [9.17, 15) is 4.79 Å². The van der Waals surface area contributed by atoms with Gasteiger partial charge in [-0.15, -0.1) is 0 Å². The van der Waals surface area contributed by atoms with E-state index in [1.165, 1.54) is 0 Å². The highest BCUT2D eigenvalue weighted by atomic mass is 127. The Morgan fingerprint density at radius 3 is 2.58 bits per heavy atom. The highest BCUT2D eigenvalue weighted by Gasteiger charge is 2.12. The number of rotatable bonds is 2. The summed E-state index contributed by atoms with van der Waals surface area (Å²) < 4.78 is 2.49. The topological polar surface area (TPSA) is 29.1 Å². The van der Waals surface area contributed by atoms with E-state index in [1.54, 1.807) is 24.3 Å². The van der Waals surface area contributed by atoms with Crippen molar-refractivity contribution in [3.63, 3.8) is 0 Å². The average Bonchev–Trinajstić information content (AvgIpc) is 2.35. The van der Waals surface area contributed by atoms with Crippen molar-refractivity contribution >= 4 is 77.6 Å². The predicted molar refractivity (Wildman–Crippen MR) is 94.0 cm³/mol. The molecular weight excluding hydrogens is 508 g/mol. The second-order valence-electron chi connectivity index (χ2n) is 3.70. The summed E-state index contributed by atoms with van der Waals surface area (Å²) in [5, 5.41) is 3.51. The van der Waals surface area contributed by atoms with Crippen LogP contribution in [0.25, 0.3) is 0 Å². The van der Waals surface area contributed by atoms with Gasteiger partial charge in [0.15, 0.2) is 0 Å². The van der Waals surface area contributed by atoms with Crippen LogP contribution in [-0.2, 0) is 0 Å². The van der Waals surface area contributed by atoms with Crippen LogP contribution in [0, 0.1) is 3.57 Å². The van der Waals surface area contributed by atoms with Crippen molar-refractivity contribution in [2.24, 2.45) is 0 Å². The zero-order chi connectivity index (χ0) is 14.0. The molecule has 6 heteroatoms. The van der Waals surface area contributed by atoms with E-state index in [2.05, 4.69) is 59.8 Å². The fourth-order valence-corrected chi connectivity index (χ4v) is 3.25. The molecule has 0 radical (unpaired) electrons. The first-order valence-corrected chi connectivity index (χ1v) is 8.23. The van der Waals surface area contributed by atoms with Gasteiger partial charge in [0.25, 0.3) is 5.91 Å². The summed E-state index contributed by atoms with van der Waals surface area (Å²) in [6.45, 7) is 0. The van der Waals surface area contributed by atoms with E-state index in [0.717, 1.165) is 18.2 Å². The lowest BCUT2D eigenvalue weighted by atomic mass is 10.2. The Balaban J connectivity index is 2.28. The van der Waals surface area contributed by atoms with Gasteiger partial charge in [-0.3, -0.25) is 4.79 Å². The molecule has 0 saturated heterocycles. The molecule has 2 aromatic rings. The van der Waals surface area contributed by atoms with Crippen LogP contribution in [-0.4, -0.2) is 5.91 Å². The molecule has 0 unspecified atom stereocenters. The van der Waals surface area contributed by atoms with Gasteiger partial charge in [-0.25, -0.2) is 0 Å². The van der Waals surface area contributed by atoms with Gasteiger partial charge in [0, 0.05) is 17.5 Å². The molecule has 2 aromatic carbocycles. The monoisotopic (exact) mass is 513 g/mol. The Morgan fingerprint density at radius 2 is 1.89 bits per heavy atom. The standard InChI is InChI=1S/C13H7Br2ClINO/c14-7-1-3-10(15)9(5-7)13(19)18-12-4-2-8(16)6-11(12)17/h1-6H,(H,18,19). The quantitative estimate of drug-likeness (QED) is 0.510. The number of amides is 1. The molecule has 0 saturated carbocycles. The third-order valence-corrected chi connectivity index (χ3v) is 4.66. The molecule has 0 bridgehead atoms. The third kappa shape index (κ3) is 3.93. The summed E-state index contributed by atoms with van der Waals surface area (Å²) in [4.78, 5) is 12.2. The molecule has 0 heterocycles. The summed E-state index contributed by atoms with van der Waals surface area (Å²) in [5.41, 5.74) is 1.31. The van der Waals surface area contributed by atoms with Gasteiger partial charge in [-0.1, -0.05) is 27.5 Å². The van der Waals surface area contributed by atoms with E-state index < -0.39 is 0 Å². The molecule has 0 atom stereocenters. The molecule has 0 spiro atoms. The van der Waals surface area contributed by atoms with Gasteiger partial charge in [-0.05, 0) is 74.9 Å².